The number of rotatable bonds is 1. The van der Waals surface area contributed by atoms with Crippen LogP contribution in [-0.4, -0.2) is 19.7 Å². The van der Waals surface area contributed by atoms with Gasteiger partial charge in [-0.2, -0.15) is 5.10 Å². The molecule has 0 saturated carbocycles. The SMILES string of the molecule is CCc1nc(C)c2cnn(C)c2n1. The molecule has 2 aromatic rings. The molecule has 2 rings (SSSR count). The summed E-state index contributed by atoms with van der Waals surface area (Å²) in [6.45, 7) is 4.04. The summed E-state index contributed by atoms with van der Waals surface area (Å²) in [4.78, 5) is 8.77. The first kappa shape index (κ1) is 8.16. The highest BCUT2D eigenvalue weighted by Crippen LogP contribution is 2.13. The van der Waals surface area contributed by atoms with Crippen LogP contribution in [0.5, 0.6) is 0 Å². The van der Waals surface area contributed by atoms with Crippen molar-refractivity contribution in [3.8, 4) is 0 Å². The van der Waals surface area contributed by atoms with Crippen LogP contribution in [0.3, 0.4) is 0 Å². The molecular formula is C9H12N4. The zero-order valence-corrected chi connectivity index (χ0v) is 8.07. The molecule has 0 fully saturated rings. The van der Waals surface area contributed by atoms with Crippen LogP contribution < -0.4 is 0 Å². The topological polar surface area (TPSA) is 43.6 Å². The average Bonchev–Trinajstić information content (AvgIpc) is 2.48. The molecule has 2 heterocycles. The molecule has 0 N–H and O–H groups in total. The summed E-state index contributed by atoms with van der Waals surface area (Å²) in [6.07, 6.45) is 2.67. The van der Waals surface area contributed by atoms with Gasteiger partial charge in [0.1, 0.15) is 5.82 Å². The molecule has 0 aliphatic heterocycles. The normalized spacial score (nSPS) is 11.0. The summed E-state index contributed by atoms with van der Waals surface area (Å²) >= 11 is 0. The summed E-state index contributed by atoms with van der Waals surface area (Å²) in [5.74, 6) is 0.883. The molecule has 0 saturated heterocycles. The summed E-state index contributed by atoms with van der Waals surface area (Å²) in [5.41, 5.74) is 1.93. The van der Waals surface area contributed by atoms with Crippen LogP contribution >= 0.6 is 0 Å². The van der Waals surface area contributed by atoms with Crippen LogP contribution in [-0.2, 0) is 13.5 Å². The second-order valence-electron chi connectivity index (χ2n) is 3.08. The van der Waals surface area contributed by atoms with Crippen LogP contribution in [0.15, 0.2) is 6.20 Å². The lowest BCUT2D eigenvalue weighted by molar-refractivity contribution is 0.779. The summed E-state index contributed by atoms with van der Waals surface area (Å²) in [6, 6.07) is 0. The highest BCUT2D eigenvalue weighted by atomic mass is 15.3. The number of hydrogen-bond acceptors (Lipinski definition) is 3. The van der Waals surface area contributed by atoms with E-state index < -0.39 is 0 Å². The zero-order valence-electron chi connectivity index (χ0n) is 8.07. The first-order valence-electron chi connectivity index (χ1n) is 4.37. The van der Waals surface area contributed by atoms with Gasteiger partial charge in [0.15, 0.2) is 5.65 Å². The van der Waals surface area contributed by atoms with E-state index in [9.17, 15) is 0 Å². The number of aryl methyl sites for hydroxylation is 3. The van der Waals surface area contributed by atoms with E-state index in [2.05, 4.69) is 22.0 Å². The monoisotopic (exact) mass is 176 g/mol. The van der Waals surface area contributed by atoms with Gasteiger partial charge in [0.2, 0.25) is 0 Å². The fraction of sp³-hybridized carbons (Fsp3) is 0.444. The Morgan fingerprint density at radius 1 is 1.38 bits per heavy atom. The lowest BCUT2D eigenvalue weighted by Crippen LogP contribution is -1.99. The van der Waals surface area contributed by atoms with Crippen LogP contribution in [0.1, 0.15) is 18.4 Å². The Morgan fingerprint density at radius 3 is 2.85 bits per heavy atom. The van der Waals surface area contributed by atoms with Crippen LogP contribution in [0, 0.1) is 6.92 Å². The van der Waals surface area contributed by atoms with Gasteiger partial charge in [0.05, 0.1) is 17.3 Å². The largest absolute Gasteiger partial charge is 0.250 e. The molecular weight excluding hydrogens is 164 g/mol. The van der Waals surface area contributed by atoms with Crippen LogP contribution in [0.2, 0.25) is 0 Å². The van der Waals surface area contributed by atoms with E-state index in [1.165, 1.54) is 0 Å². The second-order valence-corrected chi connectivity index (χ2v) is 3.08. The predicted octanol–water partition coefficient (Wildman–Crippen LogP) is 1.23. The first-order chi connectivity index (χ1) is 6.22. The second kappa shape index (κ2) is 2.80. The van der Waals surface area contributed by atoms with Gasteiger partial charge in [0.25, 0.3) is 0 Å². The van der Waals surface area contributed by atoms with Gasteiger partial charge in [-0.15, -0.1) is 0 Å². The summed E-state index contributed by atoms with van der Waals surface area (Å²) < 4.78 is 1.78. The van der Waals surface area contributed by atoms with Gasteiger partial charge in [-0.25, -0.2) is 9.97 Å². The summed E-state index contributed by atoms with van der Waals surface area (Å²) in [7, 11) is 1.90. The molecule has 68 valence electrons. The quantitative estimate of drug-likeness (QED) is 0.656. The van der Waals surface area contributed by atoms with E-state index in [1.807, 2.05) is 20.2 Å². The van der Waals surface area contributed by atoms with Crippen LogP contribution in [0.4, 0.5) is 0 Å². The van der Waals surface area contributed by atoms with Gasteiger partial charge in [-0.1, -0.05) is 6.92 Å². The van der Waals surface area contributed by atoms with Crippen molar-refractivity contribution in [3.63, 3.8) is 0 Å². The maximum absolute atomic E-state index is 4.40. The van der Waals surface area contributed by atoms with E-state index in [0.29, 0.717) is 0 Å². The fourth-order valence-electron chi connectivity index (χ4n) is 1.38. The first-order valence-corrected chi connectivity index (χ1v) is 4.37. The van der Waals surface area contributed by atoms with Crippen molar-refractivity contribution >= 4 is 11.0 Å². The molecule has 0 aliphatic rings. The molecule has 2 aromatic heterocycles. The van der Waals surface area contributed by atoms with Crippen molar-refractivity contribution < 1.29 is 0 Å². The Labute approximate surface area is 76.6 Å². The van der Waals surface area contributed by atoms with Crippen LogP contribution in [0.25, 0.3) is 11.0 Å². The van der Waals surface area contributed by atoms with Gasteiger partial charge < -0.3 is 0 Å². The molecule has 0 spiro atoms. The smallest absolute Gasteiger partial charge is 0.161 e. The number of fused-ring (bicyclic) bond motifs is 1. The zero-order chi connectivity index (χ0) is 9.42. The third-order valence-electron chi connectivity index (χ3n) is 2.15. The van der Waals surface area contributed by atoms with Gasteiger partial charge in [0, 0.05) is 13.5 Å². The molecule has 0 radical (unpaired) electrons. The van der Waals surface area contributed by atoms with Crippen molar-refractivity contribution in [2.45, 2.75) is 20.3 Å². The minimum atomic E-state index is 0.863. The maximum atomic E-state index is 4.40. The molecule has 0 unspecified atom stereocenters. The third-order valence-corrected chi connectivity index (χ3v) is 2.15. The Morgan fingerprint density at radius 2 is 2.15 bits per heavy atom. The Kier molecular flexibility index (Phi) is 1.76. The van der Waals surface area contributed by atoms with Crippen molar-refractivity contribution in [2.24, 2.45) is 7.05 Å². The Balaban J connectivity index is 2.80. The standard InChI is InChI=1S/C9H12N4/c1-4-8-11-6(2)7-5-10-13(3)9(7)12-8/h5H,4H2,1-3H3. The lowest BCUT2D eigenvalue weighted by Gasteiger charge is -1.99. The predicted molar refractivity (Wildman–Crippen MR) is 50.4 cm³/mol. The molecule has 0 aliphatic carbocycles. The number of nitrogens with zero attached hydrogens (tertiary/aromatic N) is 4. The van der Waals surface area contributed by atoms with Gasteiger partial charge in [-0.05, 0) is 6.92 Å². The Hall–Kier alpha value is -1.45. The van der Waals surface area contributed by atoms with E-state index in [4.69, 9.17) is 0 Å². The minimum absolute atomic E-state index is 0.863. The highest BCUT2D eigenvalue weighted by Gasteiger charge is 2.06. The van der Waals surface area contributed by atoms with E-state index in [-0.39, 0.29) is 0 Å². The van der Waals surface area contributed by atoms with Crippen molar-refractivity contribution in [1.29, 1.82) is 0 Å². The molecule has 4 nitrogen and oxygen atoms in total. The van der Waals surface area contributed by atoms with E-state index in [1.54, 1.807) is 4.68 Å². The molecule has 0 amide bonds. The van der Waals surface area contributed by atoms with Gasteiger partial charge >= 0.3 is 0 Å². The van der Waals surface area contributed by atoms with Gasteiger partial charge in [-0.3, -0.25) is 4.68 Å². The lowest BCUT2D eigenvalue weighted by atomic mass is 10.3. The number of aromatic nitrogens is 4. The molecule has 4 heteroatoms. The molecule has 13 heavy (non-hydrogen) atoms. The summed E-state index contributed by atoms with van der Waals surface area (Å²) in [5, 5.41) is 5.19. The van der Waals surface area contributed by atoms with E-state index in [0.717, 1.165) is 29.0 Å². The molecule has 0 atom stereocenters. The fourth-order valence-corrected chi connectivity index (χ4v) is 1.38. The van der Waals surface area contributed by atoms with Crippen molar-refractivity contribution in [3.05, 3.63) is 17.7 Å². The van der Waals surface area contributed by atoms with E-state index >= 15 is 0 Å². The molecule has 0 aromatic carbocycles. The molecule has 0 bridgehead atoms. The minimum Gasteiger partial charge on any atom is -0.250 e. The number of hydrogen-bond donors (Lipinski definition) is 0. The maximum Gasteiger partial charge on any atom is 0.161 e. The van der Waals surface area contributed by atoms with Crippen molar-refractivity contribution in [1.82, 2.24) is 19.7 Å². The highest BCUT2D eigenvalue weighted by molar-refractivity contribution is 5.76. The third kappa shape index (κ3) is 1.18. The van der Waals surface area contributed by atoms with Crippen molar-refractivity contribution in [2.75, 3.05) is 0 Å². The average molecular weight is 176 g/mol. The Bertz CT molecular complexity index is 444.